The number of carbonyl (C=O) groups is 1. The first-order valence-corrected chi connectivity index (χ1v) is 5.19. The van der Waals surface area contributed by atoms with Crippen molar-refractivity contribution < 1.29 is 9.90 Å². The number of amides is 1. The molecule has 0 spiro atoms. The van der Waals surface area contributed by atoms with Crippen molar-refractivity contribution in [2.75, 3.05) is 26.7 Å². The maximum Gasteiger partial charge on any atom is 0.233 e. The fourth-order valence-corrected chi connectivity index (χ4v) is 1.39. The molecule has 1 amide bonds. The van der Waals surface area contributed by atoms with Gasteiger partial charge in [0.2, 0.25) is 5.91 Å². The van der Waals surface area contributed by atoms with Crippen LogP contribution in [0.5, 0.6) is 0 Å². The second-order valence-electron chi connectivity index (χ2n) is 3.47. The first kappa shape index (κ1) is 12.6. The molecule has 0 saturated heterocycles. The number of hydrogen-bond donors (Lipinski definition) is 2. The van der Waals surface area contributed by atoms with E-state index in [1.807, 2.05) is 17.0 Å². The summed E-state index contributed by atoms with van der Waals surface area (Å²) < 4.78 is 0. The minimum absolute atomic E-state index is 0.0389. The van der Waals surface area contributed by atoms with Crippen LogP contribution >= 0.6 is 0 Å². The lowest BCUT2D eigenvalue weighted by Gasteiger charge is -2.19. The van der Waals surface area contributed by atoms with E-state index in [0.717, 1.165) is 5.56 Å². The highest BCUT2D eigenvalue weighted by Gasteiger charge is 2.09. The molecule has 16 heavy (non-hydrogen) atoms. The standard InChI is InChI=1S/C11H17N3O2/c1-12-11(16)9-14(5-6-15)8-10-3-2-4-13-7-10/h2-4,7,15H,5-6,8-9H2,1H3,(H,12,16). The Labute approximate surface area is 95.1 Å². The van der Waals surface area contributed by atoms with Gasteiger partial charge in [-0.05, 0) is 11.6 Å². The fraction of sp³-hybridized carbons (Fsp3) is 0.455. The van der Waals surface area contributed by atoms with Gasteiger partial charge in [-0.2, -0.15) is 0 Å². The summed E-state index contributed by atoms with van der Waals surface area (Å²) in [5, 5.41) is 11.5. The van der Waals surface area contributed by atoms with E-state index in [4.69, 9.17) is 5.11 Å². The van der Waals surface area contributed by atoms with Gasteiger partial charge in [0.1, 0.15) is 0 Å². The highest BCUT2D eigenvalue weighted by atomic mass is 16.3. The first-order chi connectivity index (χ1) is 7.76. The average Bonchev–Trinajstić information content (AvgIpc) is 2.30. The molecule has 0 fully saturated rings. The Hall–Kier alpha value is -1.46. The number of rotatable bonds is 6. The second kappa shape index (κ2) is 6.92. The molecule has 0 unspecified atom stereocenters. The molecule has 5 nitrogen and oxygen atoms in total. The van der Waals surface area contributed by atoms with E-state index in [0.29, 0.717) is 13.1 Å². The van der Waals surface area contributed by atoms with Crippen molar-refractivity contribution in [2.24, 2.45) is 0 Å². The predicted molar refractivity (Wildman–Crippen MR) is 60.7 cm³/mol. The van der Waals surface area contributed by atoms with Crippen LogP contribution in [0, 0.1) is 0 Å². The zero-order valence-corrected chi connectivity index (χ0v) is 9.39. The summed E-state index contributed by atoms with van der Waals surface area (Å²) in [6.45, 7) is 1.41. The van der Waals surface area contributed by atoms with Crippen LogP contribution < -0.4 is 5.32 Å². The van der Waals surface area contributed by atoms with Gasteiger partial charge < -0.3 is 10.4 Å². The number of hydrogen-bond acceptors (Lipinski definition) is 4. The van der Waals surface area contributed by atoms with Gasteiger partial charge in [0.15, 0.2) is 0 Å². The summed E-state index contributed by atoms with van der Waals surface area (Å²) in [6.07, 6.45) is 3.47. The summed E-state index contributed by atoms with van der Waals surface area (Å²) in [6, 6.07) is 3.80. The summed E-state index contributed by atoms with van der Waals surface area (Å²) in [5.74, 6) is -0.0580. The van der Waals surface area contributed by atoms with Crippen LogP contribution in [-0.2, 0) is 11.3 Å². The SMILES string of the molecule is CNC(=O)CN(CCO)Cc1cccnc1. The molecule has 1 rings (SSSR count). The smallest absolute Gasteiger partial charge is 0.233 e. The molecule has 0 atom stereocenters. The highest BCUT2D eigenvalue weighted by Crippen LogP contribution is 2.01. The highest BCUT2D eigenvalue weighted by molar-refractivity contribution is 5.77. The van der Waals surface area contributed by atoms with E-state index in [9.17, 15) is 4.79 Å². The third kappa shape index (κ3) is 4.37. The van der Waals surface area contributed by atoms with Crippen molar-refractivity contribution in [1.82, 2.24) is 15.2 Å². The minimum atomic E-state index is -0.0580. The van der Waals surface area contributed by atoms with Crippen molar-refractivity contribution in [1.29, 1.82) is 0 Å². The molecular weight excluding hydrogens is 206 g/mol. The second-order valence-corrected chi connectivity index (χ2v) is 3.47. The molecule has 2 N–H and O–H groups in total. The van der Waals surface area contributed by atoms with Crippen LogP contribution in [0.4, 0.5) is 0 Å². The molecule has 0 radical (unpaired) electrons. The monoisotopic (exact) mass is 223 g/mol. The van der Waals surface area contributed by atoms with Crippen molar-refractivity contribution in [3.63, 3.8) is 0 Å². The maximum atomic E-state index is 11.2. The molecule has 0 aromatic carbocycles. The lowest BCUT2D eigenvalue weighted by atomic mass is 10.2. The number of aliphatic hydroxyl groups excluding tert-OH is 1. The molecule has 0 saturated carbocycles. The Morgan fingerprint density at radius 1 is 1.62 bits per heavy atom. The minimum Gasteiger partial charge on any atom is -0.395 e. The van der Waals surface area contributed by atoms with Crippen molar-refractivity contribution in [2.45, 2.75) is 6.54 Å². The van der Waals surface area contributed by atoms with Crippen LogP contribution in [-0.4, -0.2) is 47.6 Å². The zero-order chi connectivity index (χ0) is 11.8. The quantitative estimate of drug-likeness (QED) is 0.690. The fourth-order valence-electron chi connectivity index (χ4n) is 1.39. The Bertz CT molecular complexity index is 316. The van der Waals surface area contributed by atoms with Gasteiger partial charge in [-0.15, -0.1) is 0 Å². The summed E-state index contributed by atoms with van der Waals surface area (Å²) >= 11 is 0. The summed E-state index contributed by atoms with van der Waals surface area (Å²) in [7, 11) is 1.60. The van der Waals surface area contributed by atoms with Crippen LogP contribution in [0.1, 0.15) is 5.56 Å². The molecule has 88 valence electrons. The Morgan fingerprint density at radius 3 is 3.00 bits per heavy atom. The van der Waals surface area contributed by atoms with Gasteiger partial charge in [-0.1, -0.05) is 6.07 Å². The number of aromatic nitrogens is 1. The third-order valence-corrected chi connectivity index (χ3v) is 2.19. The number of nitrogens with one attached hydrogen (secondary N) is 1. The molecule has 0 aliphatic heterocycles. The van der Waals surface area contributed by atoms with E-state index in [2.05, 4.69) is 10.3 Å². The topological polar surface area (TPSA) is 65.5 Å². The van der Waals surface area contributed by atoms with E-state index in [1.54, 1.807) is 19.4 Å². The predicted octanol–water partition coefficient (Wildman–Crippen LogP) is -0.378. The number of pyridine rings is 1. The number of carbonyl (C=O) groups excluding carboxylic acids is 1. The van der Waals surface area contributed by atoms with Gasteiger partial charge >= 0.3 is 0 Å². The van der Waals surface area contributed by atoms with Crippen LogP contribution in [0.25, 0.3) is 0 Å². The van der Waals surface area contributed by atoms with Crippen molar-refractivity contribution >= 4 is 5.91 Å². The van der Waals surface area contributed by atoms with Crippen LogP contribution in [0.3, 0.4) is 0 Å². The lowest BCUT2D eigenvalue weighted by molar-refractivity contribution is -0.122. The van der Waals surface area contributed by atoms with Gasteiger partial charge in [-0.25, -0.2) is 0 Å². The van der Waals surface area contributed by atoms with Crippen molar-refractivity contribution in [3.05, 3.63) is 30.1 Å². The van der Waals surface area contributed by atoms with E-state index < -0.39 is 0 Å². The Balaban J connectivity index is 2.54. The Morgan fingerprint density at radius 2 is 2.44 bits per heavy atom. The number of aliphatic hydroxyl groups is 1. The van der Waals surface area contributed by atoms with Crippen molar-refractivity contribution in [3.8, 4) is 0 Å². The summed E-state index contributed by atoms with van der Waals surface area (Å²) in [4.78, 5) is 17.1. The number of nitrogens with zero attached hydrogens (tertiary/aromatic N) is 2. The van der Waals surface area contributed by atoms with Gasteiger partial charge in [-0.3, -0.25) is 14.7 Å². The Kier molecular flexibility index (Phi) is 5.45. The van der Waals surface area contributed by atoms with Gasteiger partial charge in [0.05, 0.1) is 13.2 Å². The third-order valence-electron chi connectivity index (χ3n) is 2.19. The zero-order valence-electron chi connectivity index (χ0n) is 9.39. The van der Waals surface area contributed by atoms with Gasteiger partial charge in [0.25, 0.3) is 0 Å². The molecular formula is C11H17N3O2. The molecule has 0 aliphatic carbocycles. The summed E-state index contributed by atoms with van der Waals surface area (Å²) in [5.41, 5.74) is 1.03. The van der Waals surface area contributed by atoms with E-state index in [-0.39, 0.29) is 19.1 Å². The normalized spacial score (nSPS) is 10.4. The van der Waals surface area contributed by atoms with Crippen LogP contribution in [0.15, 0.2) is 24.5 Å². The van der Waals surface area contributed by atoms with E-state index in [1.165, 1.54) is 0 Å². The first-order valence-electron chi connectivity index (χ1n) is 5.19. The molecule has 1 aromatic heterocycles. The molecule has 1 heterocycles. The number of likely N-dealkylation sites (N-methyl/N-ethyl adjacent to an activating group) is 1. The molecule has 0 bridgehead atoms. The molecule has 0 aliphatic rings. The largest absolute Gasteiger partial charge is 0.395 e. The van der Waals surface area contributed by atoms with Crippen LogP contribution in [0.2, 0.25) is 0 Å². The molecule has 5 heteroatoms. The molecule has 1 aromatic rings. The maximum absolute atomic E-state index is 11.2. The van der Waals surface area contributed by atoms with Gasteiger partial charge in [0, 0.05) is 32.5 Å². The average molecular weight is 223 g/mol. The lowest BCUT2D eigenvalue weighted by Crippen LogP contribution is -2.36. The van der Waals surface area contributed by atoms with E-state index >= 15 is 0 Å².